The van der Waals surface area contributed by atoms with Gasteiger partial charge in [-0.25, -0.2) is 0 Å². The van der Waals surface area contributed by atoms with E-state index in [1.165, 1.54) is 0 Å². The molecule has 22 heavy (non-hydrogen) atoms. The molecule has 0 aliphatic rings. The summed E-state index contributed by atoms with van der Waals surface area (Å²) in [5, 5.41) is 3.03. The largest absolute Gasteiger partial charge is 0.493 e. The van der Waals surface area contributed by atoms with Gasteiger partial charge in [-0.05, 0) is 37.8 Å². The Morgan fingerprint density at radius 1 is 1.36 bits per heavy atom. The second kappa shape index (κ2) is 9.70. The monoisotopic (exact) mass is 328 g/mol. The van der Waals surface area contributed by atoms with Crippen LogP contribution in [-0.4, -0.2) is 24.6 Å². The van der Waals surface area contributed by atoms with Crippen LogP contribution in [0, 0.1) is 12.8 Å². The molecular formula is C17H29ClN2O2. The van der Waals surface area contributed by atoms with E-state index in [2.05, 4.69) is 19.2 Å². The third-order valence-electron chi connectivity index (χ3n) is 4.02. The fraction of sp³-hybridized carbons (Fsp3) is 0.588. The Morgan fingerprint density at radius 2 is 2.00 bits per heavy atom. The lowest BCUT2D eigenvalue weighted by Gasteiger charge is -2.33. The maximum atomic E-state index is 12.0. The molecule has 1 aromatic carbocycles. The van der Waals surface area contributed by atoms with Gasteiger partial charge in [-0.2, -0.15) is 0 Å². The first kappa shape index (κ1) is 20.7. The number of carbonyl (C=O) groups is 1. The number of benzene rings is 1. The molecule has 0 saturated heterocycles. The zero-order chi connectivity index (χ0) is 15.9. The van der Waals surface area contributed by atoms with Gasteiger partial charge in [0.05, 0.1) is 12.1 Å². The molecule has 0 heterocycles. The van der Waals surface area contributed by atoms with Crippen LogP contribution in [-0.2, 0) is 4.79 Å². The van der Waals surface area contributed by atoms with Gasteiger partial charge < -0.3 is 15.8 Å². The third kappa shape index (κ3) is 6.24. The van der Waals surface area contributed by atoms with E-state index < -0.39 is 0 Å². The van der Waals surface area contributed by atoms with Crippen LogP contribution in [0.25, 0.3) is 0 Å². The number of nitrogens with two attached hydrogens (primary N) is 1. The number of carbonyl (C=O) groups excluding carboxylic acids is 1. The number of nitrogens with one attached hydrogen (secondary N) is 1. The van der Waals surface area contributed by atoms with Crippen LogP contribution >= 0.6 is 12.4 Å². The molecule has 5 heteroatoms. The van der Waals surface area contributed by atoms with Crippen LogP contribution in [0.3, 0.4) is 0 Å². The van der Waals surface area contributed by atoms with Gasteiger partial charge in [0.2, 0.25) is 5.91 Å². The summed E-state index contributed by atoms with van der Waals surface area (Å²) in [6.07, 6.45) is 1.15. The summed E-state index contributed by atoms with van der Waals surface area (Å²) in [5.74, 6) is 1.21. The second-order valence-corrected chi connectivity index (χ2v) is 6.04. The minimum atomic E-state index is -0.339. The van der Waals surface area contributed by atoms with Crippen molar-refractivity contribution in [1.82, 2.24) is 5.32 Å². The number of halogens is 1. The SMILES string of the molecule is Cc1ccccc1OCCCC(=O)NC(C)(CN)C(C)C.Cl. The number of aryl methyl sites for hydroxylation is 1. The molecule has 1 aromatic rings. The zero-order valence-corrected chi connectivity index (χ0v) is 14.8. The molecular weight excluding hydrogens is 300 g/mol. The van der Waals surface area contributed by atoms with Gasteiger partial charge in [0, 0.05) is 13.0 Å². The van der Waals surface area contributed by atoms with Crippen molar-refractivity contribution in [3.63, 3.8) is 0 Å². The maximum absolute atomic E-state index is 12.0. The Bertz CT molecular complexity index is 466. The standard InChI is InChI=1S/C17H28N2O2.ClH/c1-13(2)17(4,12-18)19-16(20)10-7-11-21-15-9-6-5-8-14(15)3;/h5-6,8-9,13H,7,10-12,18H2,1-4H3,(H,19,20);1H. The van der Waals surface area contributed by atoms with Gasteiger partial charge in [-0.15, -0.1) is 12.4 Å². The fourth-order valence-electron chi connectivity index (χ4n) is 1.95. The second-order valence-electron chi connectivity index (χ2n) is 6.04. The Labute approximate surface area is 140 Å². The summed E-state index contributed by atoms with van der Waals surface area (Å²) in [4.78, 5) is 12.0. The van der Waals surface area contributed by atoms with E-state index >= 15 is 0 Å². The minimum Gasteiger partial charge on any atom is -0.493 e. The molecule has 0 radical (unpaired) electrons. The molecule has 0 fully saturated rings. The molecule has 0 aromatic heterocycles. The molecule has 126 valence electrons. The van der Waals surface area contributed by atoms with Gasteiger partial charge in [-0.3, -0.25) is 4.79 Å². The molecule has 0 bridgehead atoms. The smallest absolute Gasteiger partial charge is 0.220 e. The quantitative estimate of drug-likeness (QED) is 0.721. The van der Waals surface area contributed by atoms with Crippen LogP contribution in [0.5, 0.6) is 5.75 Å². The Balaban J connectivity index is 0.00000441. The first-order valence-electron chi connectivity index (χ1n) is 7.58. The van der Waals surface area contributed by atoms with E-state index in [0.29, 0.717) is 31.9 Å². The maximum Gasteiger partial charge on any atom is 0.220 e. The number of amides is 1. The molecule has 0 aliphatic heterocycles. The number of hydrogen-bond acceptors (Lipinski definition) is 3. The van der Waals surface area contributed by atoms with E-state index in [9.17, 15) is 4.79 Å². The van der Waals surface area contributed by atoms with Crippen molar-refractivity contribution in [2.45, 2.75) is 46.1 Å². The molecule has 0 spiro atoms. The molecule has 3 N–H and O–H groups in total. The topological polar surface area (TPSA) is 64.3 Å². The minimum absolute atomic E-state index is 0. The van der Waals surface area contributed by atoms with Crippen LogP contribution in [0.4, 0.5) is 0 Å². The van der Waals surface area contributed by atoms with Crippen LogP contribution in [0.2, 0.25) is 0 Å². The molecule has 1 amide bonds. The molecule has 4 nitrogen and oxygen atoms in total. The lowest BCUT2D eigenvalue weighted by molar-refractivity contribution is -0.123. The summed E-state index contributed by atoms with van der Waals surface area (Å²) >= 11 is 0. The van der Waals surface area contributed by atoms with Gasteiger partial charge in [0.1, 0.15) is 5.75 Å². The summed E-state index contributed by atoms with van der Waals surface area (Å²) in [6, 6.07) is 7.89. The van der Waals surface area contributed by atoms with E-state index in [1.807, 2.05) is 38.1 Å². The highest BCUT2D eigenvalue weighted by Crippen LogP contribution is 2.17. The van der Waals surface area contributed by atoms with Gasteiger partial charge >= 0.3 is 0 Å². The third-order valence-corrected chi connectivity index (χ3v) is 4.02. The van der Waals surface area contributed by atoms with E-state index in [1.54, 1.807) is 0 Å². The van der Waals surface area contributed by atoms with E-state index in [4.69, 9.17) is 10.5 Å². The predicted molar refractivity (Wildman–Crippen MR) is 93.6 cm³/mol. The highest BCUT2D eigenvalue weighted by atomic mass is 35.5. The highest BCUT2D eigenvalue weighted by molar-refractivity contribution is 5.85. The van der Waals surface area contributed by atoms with Crippen molar-refractivity contribution in [2.75, 3.05) is 13.2 Å². The van der Waals surface area contributed by atoms with Crippen LogP contribution in [0.15, 0.2) is 24.3 Å². The average molecular weight is 329 g/mol. The van der Waals surface area contributed by atoms with Crippen molar-refractivity contribution < 1.29 is 9.53 Å². The van der Waals surface area contributed by atoms with E-state index in [-0.39, 0.29) is 23.9 Å². The Kier molecular flexibility index (Phi) is 9.14. The summed E-state index contributed by atoms with van der Waals surface area (Å²) in [7, 11) is 0. The van der Waals surface area contributed by atoms with Gasteiger partial charge in [0.25, 0.3) is 0 Å². The zero-order valence-electron chi connectivity index (χ0n) is 14.0. The van der Waals surface area contributed by atoms with Crippen LogP contribution < -0.4 is 15.8 Å². The number of para-hydroxylation sites is 1. The molecule has 0 aliphatic carbocycles. The highest BCUT2D eigenvalue weighted by Gasteiger charge is 2.28. The van der Waals surface area contributed by atoms with E-state index in [0.717, 1.165) is 11.3 Å². The van der Waals surface area contributed by atoms with Crippen molar-refractivity contribution in [2.24, 2.45) is 11.7 Å². The van der Waals surface area contributed by atoms with Crippen molar-refractivity contribution in [3.8, 4) is 5.75 Å². The van der Waals surface area contributed by atoms with Crippen LogP contribution in [0.1, 0.15) is 39.2 Å². The van der Waals surface area contributed by atoms with Gasteiger partial charge in [0.15, 0.2) is 0 Å². The first-order valence-corrected chi connectivity index (χ1v) is 7.58. The first-order chi connectivity index (χ1) is 9.89. The number of ether oxygens (including phenoxy) is 1. The summed E-state index contributed by atoms with van der Waals surface area (Å²) < 4.78 is 5.69. The van der Waals surface area contributed by atoms with Crippen molar-refractivity contribution in [3.05, 3.63) is 29.8 Å². The number of hydrogen-bond donors (Lipinski definition) is 2. The van der Waals surface area contributed by atoms with Gasteiger partial charge in [-0.1, -0.05) is 32.0 Å². The lowest BCUT2D eigenvalue weighted by atomic mass is 9.88. The summed E-state index contributed by atoms with van der Waals surface area (Å²) in [5.41, 5.74) is 6.53. The molecule has 1 rings (SSSR count). The van der Waals surface area contributed by atoms with Crippen molar-refractivity contribution in [1.29, 1.82) is 0 Å². The lowest BCUT2D eigenvalue weighted by Crippen LogP contribution is -2.55. The predicted octanol–water partition coefficient (Wildman–Crippen LogP) is 3.07. The average Bonchev–Trinajstić information content (AvgIpc) is 2.45. The Hall–Kier alpha value is -1.26. The molecule has 1 unspecified atom stereocenters. The summed E-state index contributed by atoms with van der Waals surface area (Å²) in [6.45, 7) is 9.11. The molecule has 1 atom stereocenters. The number of rotatable bonds is 8. The van der Waals surface area contributed by atoms with Crippen molar-refractivity contribution >= 4 is 18.3 Å². The normalized spacial score (nSPS) is 13.2. The fourth-order valence-corrected chi connectivity index (χ4v) is 1.95. The molecule has 0 saturated carbocycles. The Morgan fingerprint density at radius 3 is 2.55 bits per heavy atom.